The number of thioether (sulfide) groups is 1. The highest BCUT2D eigenvalue weighted by molar-refractivity contribution is 7.98. The molecule has 2 fully saturated rings. The Balaban J connectivity index is 0.970. The number of nitrogens with two attached hydrogens (primary N) is 6. The number of unbranched alkanes of at least 4 members (excludes halogenated alkanes) is 1. The summed E-state index contributed by atoms with van der Waals surface area (Å²) in [4.78, 5) is 199. The van der Waals surface area contributed by atoms with Crippen LogP contribution in [0.4, 0.5) is 0 Å². The van der Waals surface area contributed by atoms with Gasteiger partial charge in [-0.1, -0.05) is 84.9 Å². The molecule has 2 saturated heterocycles. The van der Waals surface area contributed by atoms with Crippen LogP contribution in [0.15, 0.2) is 122 Å². The molecule has 9 rings (SSSR count). The molecule has 7 aromatic rings. The Hall–Kier alpha value is -11.8. The maximum atomic E-state index is 15.5. The molecule has 13 amide bonds. The van der Waals surface area contributed by atoms with Gasteiger partial charge in [-0.05, 0) is 136 Å². The van der Waals surface area contributed by atoms with Crippen molar-refractivity contribution < 1.29 is 62.3 Å². The molecule has 5 heterocycles. The summed E-state index contributed by atoms with van der Waals surface area (Å²) in [5.41, 5.74) is 39.1. The van der Waals surface area contributed by atoms with Gasteiger partial charge in [0.1, 0.15) is 60.4 Å². The Morgan fingerprint density at radius 2 is 0.851 bits per heavy atom. The van der Waals surface area contributed by atoms with E-state index < -0.39 is 169 Å². The van der Waals surface area contributed by atoms with Crippen LogP contribution in [0, 0.1) is 5.41 Å². The Labute approximate surface area is 663 Å². The number of carbonyl (C=O) groups is 13. The molecule has 3 aromatic heterocycles. The summed E-state index contributed by atoms with van der Waals surface area (Å²) in [5.74, 6) is -10.3. The van der Waals surface area contributed by atoms with Crippen molar-refractivity contribution in [3.8, 4) is 0 Å². The van der Waals surface area contributed by atoms with Crippen molar-refractivity contribution in [3.63, 3.8) is 0 Å². The topological polar surface area (TPSA) is 564 Å². The van der Waals surface area contributed by atoms with Crippen LogP contribution >= 0.6 is 11.8 Å². The van der Waals surface area contributed by atoms with Crippen molar-refractivity contribution in [2.75, 3.05) is 38.2 Å². The van der Waals surface area contributed by atoms with E-state index in [9.17, 15) is 43.2 Å². The number of aromatic nitrogens is 3. The standard InChI is InChI=1S/C79H105N21O13S/c1-114-37-32-56(68(84)103)91-72(107)61(39-46-42-88-53-22-8-5-18-49(46)53)98-74(109)63(41-48-44-90-55-24-10-7-20-51(48)55)97-71(106)60(38-45-16-3-2-4-17-45)95-73(108)62(40-47-43-89-54-23-9-6-19-50(47)54)96-70(105)57(28-30-66(82)101)92-69(104)58(29-31-67(83)102)93-75(110)65-27-15-36-100(65)78(113)59(25-11-12-33-80)94-76(111)64-26-14-35-99(64)77(112)52(81)21-13-34-87-79(85)86/h2-10,16-20,22-24,42-44,52,56-65,88-90H,11-15,21,25-41,80-81H2,1H3,(H2,82,101)(H2,83,102)(H2,84,103)(H,91,107)(H,92,104)(H,93,110)(H,94,111)(H,95,108)(H,96,105)(H,97,106)(H,98,109)(H4,85,86,87). The third-order valence-corrected chi connectivity index (χ3v) is 21.2. The number of hydrogen-bond donors (Lipinski definition) is 19. The molecule has 35 heteroatoms. The highest BCUT2D eigenvalue weighted by Crippen LogP contribution is 2.27. The summed E-state index contributed by atoms with van der Waals surface area (Å²) in [7, 11) is 0. The number of nitrogens with one attached hydrogen (secondary N) is 13. The minimum absolute atomic E-state index is 0.0554. The van der Waals surface area contributed by atoms with Crippen molar-refractivity contribution in [1.82, 2.24) is 72.6 Å². The lowest BCUT2D eigenvalue weighted by Gasteiger charge is -2.32. The average molecular weight is 1590 g/mol. The summed E-state index contributed by atoms with van der Waals surface area (Å²) in [6.45, 7) is 0.875. The number of aromatic amines is 3. The molecule has 610 valence electrons. The Morgan fingerprint density at radius 1 is 0.456 bits per heavy atom. The zero-order chi connectivity index (χ0) is 82.0. The summed E-state index contributed by atoms with van der Waals surface area (Å²) in [6, 6.07) is 15.6. The molecule has 114 heavy (non-hydrogen) atoms. The molecular formula is C79H105N21O13S. The second-order valence-electron chi connectivity index (χ2n) is 28.8. The zero-order valence-corrected chi connectivity index (χ0v) is 64.6. The summed E-state index contributed by atoms with van der Waals surface area (Å²) in [6.07, 6.45) is 7.30. The predicted molar refractivity (Wildman–Crippen MR) is 430 cm³/mol. The highest BCUT2D eigenvalue weighted by atomic mass is 32.2. The van der Waals surface area contributed by atoms with Crippen LogP contribution in [0.3, 0.4) is 0 Å². The predicted octanol–water partition coefficient (Wildman–Crippen LogP) is -0.250. The Morgan fingerprint density at radius 3 is 1.28 bits per heavy atom. The maximum absolute atomic E-state index is 15.5. The second kappa shape index (κ2) is 42.1. The molecule has 2 aliphatic heterocycles. The minimum Gasteiger partial charge on any atom is -0.370 e. The Kier molecular flexibility index (Phi) is 31.8. The fraction of sp³-hybridized carbons (Fsp3) is 0.443. The number of guanidine groups is 1. The molecule has 0 aliphatic carbocycles. The molecule has 0 spiro atoms. The number of hydrogen-bond acceptors (Lipinski definition) is 17. The van der Waals surface area contributed by atoms with Crippen LogP contribution < -0.4 is 82.3 Å². The number of H-pyrrole nitrogens is 3. The van der Waals surface area contributed by atoms with Crippen molar-refractivity contribution in [3.05, 3.63) is 144 Å². The van der Waals surface area contributed by atoms with Gasteiger partial charge in [0.15, 0.2) is 5.96 Å². The zero-order valence-electron chi connectivity index (χ0n) is 63.7. The number of likely N-dealkylation sites (tertiary alicyclic amines) is 2. The number of rotatable bonds is 44. The van der Waals surface area contributed by atoms with Crippen molar-refractivity contribution >= 4 is 127 Å². The van der Waals surface area contributed by atoms with E-state index >= 15 is 19.2 Å². The van der Waals surface area contributed by atoms with Gasteiger partial charge in [-0.2, -0.15) is 11.8 Å². The number of amides is 13. The fourth-order valence-corrected chi connectivity index (χ4v) is 15.0. The number of nitrogens with zero attached hydrogens (tertiary/aromatic N) is 2. The average Bonchev–Trinajstić information content (AvgIpc) is 1.67. The summed E-state index contributed by atoms with van der Waals surface area (Å²) < 4.78 is 0. The van der Waals surface area contributed by atoms with E-state index in [1.807, 2.05) is 48.7 Å². The van der Waals surface area contributed by atoms with Crippen molar-refractivity contribution in [2.24, 2.45) is 34.4 Å². The molecule has 4 aromatic carbocycles. The minimum atomic E-state index is -1.71. The number of primary amides is 3. The number of fused-ring (bicyclic) bond motifs is 3. The first-order valence-corrected chi connectivity index (χ1v) is 39.8. The monoisotopic (exact) mass is 1590 g/mol. The van der Waals surface area contributed by atoms with Gasteiger partial charge in [-0.15, -0.1) is 0 Å². The number of carbonyl (C=O) groups excluding carboxylic acids is 13. The van der Waals surface area contributed by atoms with Crippen LogP contribution in [0.2, 0.25) is 0 Å². The highest BCUT2D eigenvalue weighted by Gasteiger charge is 2.43. The van der Waals surface area contributed by atoms with E-state index in [2.05, 4.69) is 62.8 Å². The van der Waals surface area contributed by atoms with E-state index in [0.717, 1.165) is 10.9 Å². The lowest BCUT2D eigenvalue weighted by Crippen LogP contribution is -2.61. The summed E-state index contributed by atoms with van der Waals surface area (Å²) in [5, 5.41) is 34.4. The van der Waals surface area contributed by atoms with Gasteiger partial charge in [0.25, 0.3) is 0 Å². The van der Waals surface area contributed by atoms with Gasteiger partial charge >= 0.3 is 0 Å². The van der Waals surface area contributed by atoms with Crippen LogP contribution in [-0.2, 0) is 88.0 Å². The van der Waals surface area contributed by atoms with Gasteiger partial charge in [0, 0.05) is 109 Å². The molecule has 0 bridgehead atoms. The van der Waals surface area contributed by atoms with Crippen LogP contribution in [0.5, 0.6) is 0 Å². The lowest BCUT2D eigenvalue weighted by molar-refractivity contribution is -0.144. The second-order valence-corrected chi connectivity index (χ2v) is 29.8. The smallest absolute Gasteiger partial charge is 0.245 e. The SMILES string of the molecule is CSCCC(NC(=O)C(Cc1c[nH]c2ccccc12)NC(=O)C(Cc1c[nH]c2ccccc12)NC(=O)C(Cc1ccccc1)NC(=O)C(Cc1c[nH]c2ccccc12)NC(=O)C(CCC(N)=O)NC(=O)C(CCC(N)=O)NC(=O)C1CCCN1C(=O)C(CCCCN)NC(=O)C1CCCN1C(=O)C(N)CCCNC(=N)N)C(N)=O. The van der Waals surface area contributed by atoms with Gasteiger partial charge in [0.2, 0.25) is 76.8 Å². The van der Waals surface area contributed by atoms with E-state index in [4.69, 9.17) is 39.8 Å². The Bertz CT molecular complexity index is 4570. The van der Waals surface area contributed by atoms with Gasteiger partial charge in [0.05, 0.1) is 6.04 Å². The normalized spacial score (nSPS) is 16.4. The third kappa shape index (κ3) is 24.1. The number of benzene rings is 4. The van der Waals surface area contributed by atoms with Gasteiger partial charge in [-0.25, -0.2) is 0 Å². The maximum Gasteiger partial charge on any atom is 0.245 e. The largest absolute Gasteiger partial charge is 0.370 e. The molecule has 2 aliphatic rings. The molecule has 11 unspecified atom stereocenters. The van der Waals surface area contributed by atoms with E-state index in [1.54, 1.807) is 79.3 Å². The molecule has 11 atom stereocenters. The van der Waals surface area contributed by atoms with Gasteiger partial charge in [-0.3, -0.25) is 67.7 Å². The van der Waals surface area contributed by atoms with Crippen LogP contribution in [0.25, 0.3) is 32.7 Å². The number of para-hydroxylation sites is 3. The fourth-order valence-electron chi connectivity index (χ4n) is 14.5. The van der Waals surface area contributed by atoms with Crippen molar-refractivity contribution in [2.45, 2.75) is 182 Å². The summed E-state index contributed by atoms with van der Waals surface area (Å²) >= 11 is 1.44. The molecule has 0 saturated carbocycles. The third-order valence-electron chi connectivity index (χ3n) is 20.6. The molecule has 34 nitrogen and oxygen atoms in total. The molecule has 25 N–H and O–H groups in total. The molecular weight excluding hydrogens is 1480 g/mol. The van der Waals surface area contributed by atoms with E-state index in [1.165, 1.54) is 21.6 Å². The van der Waals surface area contributed by atoms with Gasteiger partial charge < -0.3 is 107 Å². The first-order chi connectivity index (χ1) is 54.8. The van der Waals surface area contributed by atoms with Crippen LogP contribution in [0.1, 0.15) is 112 Å². The quantitative estimate of drug-likeness (QED) is 0.0133. The first-order valence-electron chi connectivity index (χ1n) is 38.4. The van der Waals surface area contributed by atoms with Crippen LogP contribution in [-0.4, -0.2) is 212 Å². The van der Waals surface area contributed by atoms with E-state index in [0.29, 0.717) is 88.5 Å². The van der Waals surface area contributed by atoms with Crippen molar-refractivity contribution in [1.29, 1.82) is 5.41 Å². The first kappa shape index (κ1) is 86.1. The van der Waals surface area contributed by atoms with E-state index in [-0.39, 0.29) is 83.4 Å². The molecule has 0 radical (unpaired) electrons. The lowest BCUT2D eigenvalue weighted by atomic mass is 9.99.